The largest absolute Gasteiger partial charge is 0.354 e. The quantitative estimate of drug-likeness (QED) is 0.792. The highest BCUT2D eigenvalue weighted by atomic mass is 32.1. The Bertz CT molecular complexity index is 432. The zero-order chi connectivity index (χ0) is 12.3. The topological polar surface area (TPSA) is 84.0 Å². The first-order valence-corrected chi connectivity index (χ1v) is 6.29. The van der Waals surface area contributed by atoms with Gasteiger partial charge in [0.25, 0.3) is 5.91 Å². The minimum Gasteiger partial charge on any atom is -0.354 e. The number of aromatic nitrogens is 2. The maximum atomic E-state index is 11.9. The van der Waals surface area contributed by atoms with Gasteiger partial charge in [0.05, 0.1) is 17.4 Å². The SMILES string of the molecule is Cc1nsnc1C(=O)NC1CCCCNC1=O. The summed E-state index contributed by atoms with van der Waals surface area (Å²) in [5.74, 6) is -0.435. The lowest BCUT2D eigenvalue weighted by atomic mass is 10.1. The van der Waals surface area contributed by atoms with Crippen LogP contribution < -0.4 is 10.6 Å². The van der Waals surface area contributed by atoms with Gasteiger partial charge in [-0.15, -0.1) is 0 Å². The number of carbonyl (C=O) groups is 2. The molecule has 6 nitrogen and oxygen atoms in total. The van der Waals surface area contributed by atoms with E-state index in [4.69, 9.17) is 0 Å². The summed E-state index contributed by atoms with van der Waals surface area (Å²) < 4.78 is 7.85. The molecule has 0 saturated carbocycles. The maximum absolute atomic E-state index is 11.9. The first-order chi connectivity index (χ1) is 8.18. The molecule has 1 atom stereocenters. The van der Waals surface area contributed by atoms with Gasteiger partial charge in [-0.3, -0.25) is 9.59 Å². The van der Waals surface area contributed by atoms with Crippen molar-refractivity contribution in [2.45, 2.75) is 32.2 Å². The highest BCUT2D eigenvalue weighted by Crippen LogP contribution is 2.08. The summed E-state index contributed by atoms with van der Waals surface area (Å²) in [6.07, 6.45) is 2.56. The van der Waals surface area contributed by atoms with Crippen molar-refractivity contribution in [3.05, 3.63) is 11.4 Å². The predicted octanol–water partition coefficient (Wildman–Crippen LogP) is 0.245. The van der Waals surface area contributed by atoms with E-state index in [9.17, 15) is 9.59 Å². The predicted molar refractivity (Wildman–Crippen MR) is 62.8 cm³/mol. The number of carbonyl (C=O) groups excluding carboxylic acids is 2. The van der Waals surface area contributed by atoms with Crippen molar-refractivity contribution in [1.29, 1.82) is 0 Å². The Kier molecular flexibility index (Phi) is 3.68. The first-order valence-electron chi connectivity index (χ1n) is 5.56. The third-order valence-corrected chi connectivity index (χ3v) is 3.33. The van der Waals surface area contributed by atoms with Crippen molar-refractivity contribution < 1.29 is 9.59 Å². The van der Waals surface area contributed by atoms with Crippen LogP contribution in [0.2, 0.25) is 0 Å². The zero-order valence-corrected chi connectivity index (χ0v) is 10.3. The second-order valence-corrected chi connectivity index (χ2v) is 4.54. The van der Waals surface area contributed by atoms with Crippen LogP contribution in [0.3, 0.4) is 0 Å². The van der Waals surface area contributed by atoms with Crippen LogP contribution >= 0.6 is 11.7 Å². The standard InChI is InChI=1S/C10H14N4O2S/c1-6-8(14-17-13-6)10(16)12-7-4-2-3-5-11-9(7)15/h7H,2-5H2,1H3,(H,11,15)(H,12,16). The van der Waals surface area contributed by atoms with Crippen LogP contribution in [0.1, 0.15) is 35.4 Å². The number of aryl methyl sites for hydroxylation is 1. The van der Waals surface area contributed by atoms with Gasteiger partial charge in [0, 0.05) is 6.54 Å². The average Bonchev–Trinajstić information content (AvgIpc) is 2.63. The van der Waals surface area contributed by atoms with Crippen molar-refractivity contribution in [2.24, 2.45) is 0 Å². The molecule has 2 rings (SSSR count). The summed E-state index contributed by atoms with van der Waals surface area (Å²) in [6.45, 7) is 2.41. The number of nitrogens with zero attached hydrogens (tertiary/aromatic N) is 2. The van der Waals surface area contributed by atoms with Crippen molar-refractivity contribution in [3.63, 3.8) is 0 Å². The van der Waals surface area contributed by atoms with Crippen LogP contribution in [0.4, 0.5) is 0 Å². The Morgan fingerprint density at radius 3 is 3.00 bits per heavy atom. The number of amides is 2. The Balaban J connectivity index is 2.02. The van der Waals surface area contributed by atoms with E-state index in [1.54, 1.807) is 6.92 Å². The lowest BCUT2D eigenvalue weighted by Gasteiger charge is -2.14. The van der Waals surface area contributed by atoms with E-state index in [0.717, 1.165) is 24.6 Å². The number of hydrogen-bond donors (Lipinski definition) is 2. The van der Waals surface area contributed by atoms with E-state index >= 15 is 0 Å². The van der Waals surface area contributed by atoms with Gasteiger partial charge in [-0.25, -0.2) is 0 Å². The molecule has 2 amide bonds. The van der Waals surface area contributed by atoms with Crippen LogP contribution in [0.15, 0.2) is 0 Å². The van der Waals surface area contributed by atoms with Gasteiger partial charge >= 0.3 is 0 Å². The highest BCUT2D eigenvalue weighted by molar-refractivity contribution is 6.99. The van der Waals surface area contributed by atoms with Crippen molar-refractivity contribution >= 4 is 23.5 Å². The summed E-state index contributed by atoms with van der Waals surface area (Å²) in [6, 6.07) is -0.453. The molecule has 92 valence electrons. The van der Waals surface area contributed by atoms with E-state index in [-0.39, 0.29) is 11.8 Å². The van der Waals surface area contributed by atoms with Gasteiger partial charge in [0.2, 0.25) is 5.91 Å². The molecule has 1 fully saturated rings. The van der Waals surface area contributed by atoms with Crippen molar-refractivity contribution in [3.8, 4) is 0 Å². The minimum absolute atomic E-state index is 0.114. The number of hydrogen-bond acceptors (Lipinski definition) is 5. The van der Waals surface area contributed by atoms with Gasteiger partial charge in [-0.1, -0.05) is 0 Å². The molecule has 1 unspecified atom stereocenters. The van der Waals surface area contributed by atoms with Gasteiger partial charge in [0.1, 0.15) is 6.04 Å². The second kappa shape index (κ2) is 5.22. The number of rotatable bonds is 2. The van der Waals surface area contributed by atoms with Gasteiger partial charge < -0.3 is 10.6 Å². The van der Waals surface area contributed by atoms with Crippen LogP contribution in [0.5, 0.6) is 0 Å². The summed E-state index contributed by atoms with van der Waals surface area (Å²) in [5.41, 5.74) is 0.911. The Morgan fingerprint density at radius 1 is 1.47 bits per heavy atom. The van der Waals surface area contributed by atoms with Crippen LogP contribution in [-0.2, 0) is 4.79 Å². The molecule has 0 bridgehead atoms. The molecule has 1 aliphatic rings. The van der Waals surface area contributed by atoms with Crippen LogP contribution in [0.25, 0.3) is 0 Å². The molecule has 1 aliphatic heterocycles. The molecule has 17 heavy (non-hydrogen) atoms. The summed E-state index contributed by atoms with van der Waals surface area (Å²) in [7, 11) is 0. The Morgan fingerprint density at radius 2 is 2.29 bits per heavy atom. The molecule has 2 N–H and O–H groups in total. The average molecular weight is 254 g/mol. The maximum Gasteiger partial charge on any atom is 0.273 e. The molecule has 0 spiro atoms. The fourth-order valence-electron chi connectivity index (χ4n) is 1.74. The fourth-order valence-corrected chi connectivity index (χ4v) is 2.29. The molecule has 0 radical (unpaired) electrons. The molecule has 0 aromatic carbocycles. The monoisotopic (exact) mass is 254 g/mol. The lowest BCUT2D eigenvalue weighted by molar-refractivity contribution is -0.122. The molecule has 0 aliphatic carbocycles. The van der Waals surface area contributed by atoms with Gasteiger partial charge in [0.15, 0.2) is 5.69 Å². The van der Waals surface area contributed by atoms with E-state index in [0.29, 0.717) is 24.4 Å². The van der Waals surface area contributed by atoms with Gasteiger partial charge in [-0.2, -0.15) is 8.75 Å². The first kappa shape index (κ1) is 12.0. The smallest absolute Gasteiger partial charge is 0.273 e. The molecule has 1 aromatic heterocycles. The number of nitrogens with one attached hydrogen (secondary N) is 2. The van der Waals surface area contributed by atoms with E-state index < -0.39 is 6.04 Å². The van der Waals surface area contributed by atoms with Crippen molar-refractivity contribution in [2.75, 3.05) is 6.54 Å². The highest BCUT2D eigenvalue weighted by Gasteiger charge is 2.24. The molecular weight excluding hydrogens is 240 g/mol. The lowest BCUT2D eigenvalue weighted by Crippen LogP contribution is -2.45. The fraction of sp³-hybridized carbons (Fsp3) is 0.600. The summed E-state index contributed by atoms with van der Waals surface area (Å²) in [5, 5.41) is 5.48. The van der Waals surface area contributed by atoms with Crippen LogP contribution in [0, 0.1) is 6.92 Å². The summed E-state index contributed by atoms with van der Waals surface area (Å²) in [4.78, 5) is 23.5. The minimum atomic E-state index is -0.453. The van der Waals surface area contributed by atoms with Crippen molar-refractivity contribution in [1.82, 2.24) is 19.4 Å². The van der Waals surface area contributed by atoms with E-state index in [2.05, 4.69) is 19.4 Å². The molecule has 1 saturated heterocycles. The zero-order valence-electron chi connectivity index (χ0n) is 9.52. The second-order valence-electron chi connectivity index (χ2n) is 4.01. The normalized spacial score (nSPS) is 20.5. The Labute approximate surface area is 103 Å². The van der Waals surface area contributed by atoms with Gasteiger partial charge in [-0.05, 0) is 26.2 Å². The molecule has 2 heterocycles. The summed E-state index contributed by atoms with van der Waals surface area (Å²) >= 11 is 1.00. The third kappa shape index (κ3) is 2.79. The van der Waals surface area contributed by atoms with Crippen LogP contribution in [-0.4, -0.2) is 33.1 Å². The molecular formula is C10H14N4O2S. The van der Waals surface area contributed by atoms with E-state index in [1.807, 2.05) is 0 Å². The third-order valence-electron chi connectivity index (χ3n) is 2.71. The Hall–Kier alpha value is -1.50. The van der Waals surface area contributed by atoms with E-state index in [1.165, 1.54) is 0 Å². The molecule has 1 aromatic rings. The molecule has 7 heteroatoms.